The molecule has 0 unspecified atom stereocenters. The number of nitrogens with zero attached hydrogens (tertiary/aromatic N) is 3. The molecule has 1 amide bonds. The van der Waals surface area contributed by atoms with E-state index in [2.05, 4.69) is 9.55 Å². The van der Waals surface area contributed by atoms with E-state index in [1.165, 1.54) is 7.11 Å². The Bertz CT molecular complexity index is 405. The lowest BCUT2D eigenvalue weighted by Gasteiger charge is -2.23. The number of rotatable bonds is 4. The maximum absolute atomic E-state index is 12.0. The average molecular weight is 253 g/mol. The third kappa shape index (κ3) is 2.88. The first-order valence-electron chi connectivity index (χ1n) is 5.99. The van der Waals surface area contributed by atoms with Gasteiger partial charge in [-0.05, 0) is 0 Å². The summed E-state index contributed by atoms with van der Waals surface area (Å²) in [5.74, 6) is 0.291. The van der Waals surface area contributed by atoms with Crippen molar-refractivity contribution in [2.24, 2.45) is 5.92 Å². The molecule has 2 rings (SSSR count). The van der Waals surface area contributed by atoms with E-state index >= 15 is 0 Å². The number of amides is 1. The molecular formula is C12H19N3O3. The highest BCUT2D eigenvalue weighted by molar-refractivity contribution is 5.77. The molecule has 18 heavy (non-hydrogen) atoms. The largest absolute Gasteiger partial charge is 0.384 e. The summed E-state index contributed by atoms with van der Waals surface area (Å²) in [6.45, 7) is 2.86. The molecule has 1 aromatic heterocycles. The van der Waals surface area contributed by atoms with E-state index in [9.17, 15) is 4.79 Å². The van der Waals surface area contributed by atoms with E-state index in [-0.39, 0.29) is 18.4 Å². The van der Waals surface area contributed by atoms with Crippen molar-refractivity contribution in [2.45, 2.75) is 13.1 Å². The van der Waals surface area contributed by atoms with Gasteiger partial charge in [-0.3, -0.25) is 4.79 Å². The van der Waals surface area contributed by atoms with Gasteiger partial charge in [0.1, 0.15) is 6.61 Å². The lowest BCUT2D eigenvalue weighted by atomic mass is 10.1. The molecule has 0 saturated heterocycles. The van der Waals surface area contributed by atoms with Gasteiger partial charge in [0.05, 0.1) is 25.2 Å². The van der Waals surface area contributed by atoms with Crippen LogP contribution < -0.4 is 0 Å². The van der Waals surface area contributed by atoms with Crippen LogP contribution in [0.4, 0.5) is 0 Å². The molecule has 2 heterocycles. The molecule has 100 valence electrons. The Labute approximate surface area is 106 Å². The number of carbonyl (C=O) groups excluding carboxylic acids is 1. The second kappa shape index (κ2) is 5.97. The summed E-state index contributed by atoms with van der Waals surface area (Å²) >= 11 is 0. The van der Waals surface area contributed by atoms with Crippen molar-refractivity contribution in [3.8, 4) is 0 Å². The Morgan fingerprint density at radius 1 is 1.44 bits per heavy atom. The zero-order chi connectivity index (χ0) is 13.0. The third-order valence-corrected chi connectivity index (χ3v) is 3.11. The SMILES string of the molecule is COCC(=O)N1Cc2cncn2C[C@H](COC)C1. The standard InChI is InChI=1S/C12H19N3O3/c1-17-7-10-4-14(12(16)8-18-2)6-11-3-13-9-15(11)5-10/h3,9-10H,4-8H2,1-2H3/t10-/m1/s1. The molecule has 0 saturated carbocycles. The van der Waals surface area contributed by atoms with E-state index in [4.69, 9.17) is 9.47 Å². The van der Waals surface area contributed by atoms with Crippen molar-refractivity contribution in [3.63, 3.8) is 0 Å². The second-order valence-electron chi connectivity index (χ2n) is 4.57. The molecular weight excluding hydrogens is 234 g/mol. The molecule has 6 heteroatoms. The lowest BCUT2D eigenvalue weighted by molar-refractivity contribution is -0.136. The second-order valence-corrected chi connectivity index (χ2v) is 4.57. The van der Waals surface area contributed by atoms with Gasteiger partial charge in [0.25, 0.3) is 0 Å². The summed E-state index contributed by atoms with van der Waals surface area (Å²) in [4.78, 5) is 17.9. The fourth-order valence-electron chi connectivity index (χ4n) is 2.30. The van der Waals surface area contributed by atoms with Crippen LogP contribution in [0.5, 0.6) is 0 Å². The predicted octanol–water partition coefficient (Wildman–Crippen LogP) is 0.134. The molecule has 0 aromatic carbocycles. The molecule has 1 aromatic rings. The normalized spacial score (nSPS) is 19.4. The van der Waals surface area contributed by atoms with E-state index in [1.807, 2.05) is 17.4 Å². The number of methoxy groups -OCH3 is 2. The first kappa shape index (κ1) is 13.0. The monoisotopic (exact) mass is 253 g/mol. The molecule has 0 bridgehead atoms. The summed E-state index contributed by atoms with van der Waals surface area (Å²) < 4.78 is 12.2. The van der Waals surface area contributed by atoms with E-state index < -0.39 is 0 Å². The third-order valence-electron chi connectivity index (χ3n) is 3.11. The molecule has 0 fully saturated rings. The Hall–Kier alpha value is -1.40. The number of carbonyl (C=O) groups is 1. The highest BCUT2D eigenvalue weighted by Gasteiger charge is 2.24. The summed E-state index contributed by atoms with van der Waals surface area (Å²) in [6.07, 6.45) is 3.62. The van der Waals surface area contributed by atoms with Crippen LogP contribution in [0, 0.1) is 5.92 Å². The van der Waals surface area contributed by atoms with Crippen molar-refractivity contribution >= 4 is 5.91 Å². The maximum Gasteiger partial charge on any atom is 0.248 e. The van der Waals surface area contributed by atoms with E-state index in [0.29, 0.717) is 19.7 Å². The first-order valence-corrected chi connectivity index (χ1v) is 5.99. The smallest absolute Gasteiger partial charge is 0.248 e. The number of aromatic nitrogens is 2. The van der Waals surface area contributed by atoms with Crippen molar-refractivity contribution < 1.29 is 14.3 Å². The Morgan fingerprint density at radius 2 is 2.28 bits per heavy atom. The van der Waals surface area contributed by atoms with E-state index in [1.54, 1.807) is 7.11 Å². The summed E-state index contributed by atoms with van der Waals surface area (Å²) in [6, 6.07) is 0. The van der Waals surface area contributed by atoms with Crippen LogP contribution in [0.15, 0.2) is 12.5 Å². The van der Waals surface area contributed by atoms with Gasteiger partial charge in [-0.2, -0.15) is 0 Å². The Balaban J connectivity index is 2.14. The van der Waals surface area contributed by atoms with Crippen LogP contribution in [0.25, 0.3) is 0 Å². The van der Waals surface area contributed by atoms with Crippen molar-refractivity contribution in [3.05, 3.63) is 18.2 Å². The minimum atomic E-state index is 0.00764. The number of hydrogen-bond acceptors (Lipinski definition) is 4. The maximum atomic E-state index is 12.0. The van der Waals surface area contributed by atoms with Gasteiger partial charge >= 0.3 is 0 Å². The quantitative estimate of drug-likeness (QED) is 0.765. The lowest BCUT2D eigenvalue weighted by Crippen LogP contribution is -2.37. The van der Waals surface area contributed by atoms with Crippen LogP contribution in [-0.2, 0) is 27.4 Å². The molecule has 1 aliphatic heterocycles. The van der Waals surface area contributed by atoms with Crippen molar-refractivity contribution in [2.75, 3.05) is 34.0 Å². The van der Waals surface area contributed by atoms with Crippen LogP contribution in [0.1, 0.15) is 5.69 Å². The van der Waals surface area contributed by atoms with Crippen LogP contribution >= 0.6 is 0 Å². The zero-order valence-electron chi connectivity index (χ0n) is 10.8. The fourth-order valence-corrected chi connectivity index (χ4v) is 2.30. The average Bonchev–Trinajstić information content (AvgIpc) is 2.69. The van der Waals surface area contributed by atoms with Crippen molar-refractivity contribution in [1.29, 1.82) is 0 Å². The van der Waals surface area contributed by atoms with E-state index in [0.717, 1.165) is 12.2 Å². The molecule has 0 spiro atoms. The molecule has 6 nitrogen and oxygen atoms in total. The predicted molar refractivity (Wildman–Crippen MR) is 64.9 cm³/mol. The number of hydrogen-bond donors (Lipinski definition) is 0. The van der Waals surface area contributed by atoms with Crippen LogP contribution in [0.3, 0.4) is 0 Å². The molecule has 1 atom stereocenters. The molecule has 1 aliphatic rings. The van der Waals surface area contributed by atoms with Gasteiger partial charge in [0.15, 0.2) is 0 Å². The summed E-state index contributed by atoms with van der Waals surface area (Å²) in [7, 11) is 3.22. The van der Waals surface area contributed by atoms with Gasteiger partial charge in [-0.25, -0.2) is 4.98 Å². The van der Waals surface area contributed by atoms with Crippen LogP contribution in [-0.4, -0.2) is 54.3 Å². The molecule has 0 N–H and O–H groups in total. The summed E-state index contributed by atoms with van der Waals surface area (Å²) in [5.41, 5.74) is 1.05. The van der Waals surface area contributed by atoms with Gasteiger partial charge in [-0.15, -0.1) is 0 Å². The minimum absolute atomic E-state index is 0.00764. The number of imidazole rings is 1. The topological polar surface area (TPSA) is 56.6 Å². The Kier molecular flexibility index (Phi) is 4.33. The van der Waals surface area contributed by atoms with Gasteiger partial charge < -0.3 is 18.9 Å². The number of fused-ring (bicyclic) bond motifs is 1. The highest BCUT2D eigenvalue weighted by Crippen LogP contribution is 2.16. The summed E-state index contributed by atoms with van der Waals surface area (Å²) in [5, 5.41) is 0. The fraction of sp³-hybridized carbons (Fsp3) is 0.667. The zero-order valence-corrected chi connectivity index (χ0v) is 10.8. The van der Waals surface area contributed by atoms with Gasteiger partial charge in [-0.1, -0.05) is 0 Å². The van der Waals surface area contributed by atoms with Gasteiger partial charge in [0, 0.05) is 39.4 Å². The van der Waals surface area contributed by atoms with Crippen molar-refractivity contribution in [1.82, 2.24) is 14.5 Å². The van der Waals surface area contributed by atoms with Crippen LogP contribution in [0.2, 0.25) is 0 Å². The highest BCUT2D eigenvalue weighted by atomic mass is 16.5. The first-order chi connectivity index (χ1) is 8.74. The van der Waals surface area contributed by atoms with Gasteiger partial charge in [0.2, 0.25) is 5.91 Å². The number of ether oxygens (including phenoxy) is 2. The Morgan fingerprint density at radius 3 is 3.00 bits per heavy atom. The minimum Gasteiger partial charge on any atom is -0.384 e. The molecule has 0 aliphatic carbocycles. The molecule has 0 radical (unpaired) electrons.